The zero-order valence-corrected chi connectivity index (χ0v) is 13.9. The number of piperazine rings is 1. The van der Waals surface area contributed by atoms with Crippen molar-refractivity contribution in [2.75, 3.05) is 37.6 Å². The van der Waals surface area contributed by atoms with E-state index in [0.717, 1.165) is 18.9 Å². The number of nitrogens with zero attached hydrogens (tertiary/aromatic N) is 4. The Morgan fingerprint density at radius 2 is 2.08 bits per heavy atom. The highest BCUT2D eigenvalue weighted by Crippen LogP contribution is 2.13. The number of carbonyl (C=O) groups is 2. The molecule has 8 heteroatoms. The first-order chi connectivity index (χ1) is 12.1. The molecule has 2 heterocycles. The minimum absolute atomic E-state index is 0.0125. The molecule has 132 valence electrons. The van der Waals surface area contributed by atoms with E-state index in [4.69, 9.17) is 5.11 Å². The molecule has 2 rings (SSSR count). The third-order valence-electron chi connectivity index (χ3n) is 3.82. The van der Waals surface area contributed by atoms with Crippen LogP contribution in [0.1, 0.15) is 12.8 Å². The number of hydrogen-bond acceptors (Lipinski definition) is 6. The molecule has 0 unspecified atom stereocenters. The lowest BCUT2D eigenvalue weighted by Gasteiger charge is -2.34. The van der Waals surface area contributed by atoms with Crippen LogP contribution < -0.4 is 10.2 Å². The number of amides is 1. The van der Waals surface area contributed by atoms with Gasteiger partial charge in [0.1, 0.15) is 17.5 Å². The molecular weight excluding hydrogens is 322 g/mol. The van der Waals surface area contributed by atoms with Crippen molar-refractivity contribution in [3.05, 3.63) is 36.2 Å². The molecule has 0 aliphatic carbocycles. The SMILES string of the molecule is N#C/C(=C/N1CCN(c2ccccn2)CC1)C(=O)NCCCC(=O)O. The first-order valence-corrected chi connectivity index (χ1v) is 8.12. The topological polar surface area (TPSA) is 110 Å². The van der Waals surface area contributed by atoms with Gasteiger partial charge in [-0.3, -0.25) is 9.59 Å². The van der Waals surface area contributed by atoms with E-state index in [1.807, 2.05) is 29.2 Å². The normalized spacial score (nSPS) is 14.8. The number of carbonyl (C=O) groups excluding carboxylic acids is 1. The Hall–Kier alpha value is -3.08. The summed E-state index contributed by atoms with van der Waals surface area (Å²) in [7, 11) is 0. The summed E-state index contributed by atoms with van der Waals surface area (Å²) in [5.74, 6) is -0.459. The van der Waals surface area contributed by atoms with Crippen molar-refractivity contribution in [1.82, 2.24) is 15.2 Å². The van der Waals surface area contributed by atoms with Gasteiger partial charge in [-0.1, -0.05) is 6.07 Å². The predicted octanol–water partition coefficient (Wildman–Crippen LogP) is 0.592. The predicted molar refractivity (Wildman–Crippen MR) is 91.6 cm³/mol. The molecule has 0 saturated carbocycles. The highest BCUT2D eigenvalue weighted by atomic mass is 16.4. The molecular formula is C17H21N5O3. The number of pyridine rings is 1. The molecule has 25 heavy (non-hydrogen) atoms. The molecule has 1 aromatic heterocycles. The highest BCUT2D eigenvalue weighted by Gasteiger charge is 2.18. The number of hydrogen-bond donors (Lipinski definition) is 2. The van der Waals surface area contributed by atoms with E-state index in [1.54, 1.807) is 12.4 Å². The quantitative estimate of drug-likeness (QED) is 0.424. The van der Waals surface area contributed by atoms with Gasteiger partial charge in [0, 0.05) is 51.5 Å². The molecule has 0 aromatic carbocycles. The van der Waals surface area contributed by atoms with Crippen LogP contribution in [0.15, 0.2) is 36.2 Å². The maximum Gasteiger partial charge on any atom is 0.303 e. The van der Waals surface area contributed by atoms with Gasteiger partial charge < -0.3 is 20.2 Å². The van der Waals surface area contributed by atoms with Crippen LogP contribution in [0.25, 0.3) is 0 Å². The zero-order valence-electron chi connectivity index (χ0n) is 13.9. The van der Waals surface area contributed by atoms with Gasteiger partial charge in [0.25, 0.3) is 5.91 Å². The van der Waals surface area contributed by atoms with Gasteiger partial charge >= 0.3 is 5.97 Å². The number of aliphatic carboxylic acids is 1. The van der Waals surface area contributed by atoms with Gasteiger partial charge in [-0.25, -0.2) is 4.98 Å². The fourth-order valence-corrected chi connectivity index (χ4v) is 2.48. The van der Waals surface area contributed by atoms with Crippen LogP contribution in [0.5, 0.6) is 0 Å². The summed E-state index contributed by atoms with van der Waals surface area (Å²) in [6, 6.07) is 7.68. The molecule has 1 fully saturated rings. The summed E-state index contributed by atoms with van der Waals surface area (Å²) in [5.41, 5.74) is 0.0293. The average molecular weight is 343 g/mol. The van der Waals surface area contributed by atoms with Crippen LogP contribution in [0.2, 0.25) is 0 Å². The number of aromatic nitrogens is 1. The number of nitrogens with one attached hydrogen (secondary N) is 1. The van der Waals surface area contributed by atoms with E-state index < -0.39 is 11.9 Å². The Bertz CT molecular complexity index is 661. The summed E-state index contributed by atoms with van der Waals surface area (Å²) >= 11 is 0. The fraction of sp³-hybridized carbons (Fsp3) is 0.412. The number of nitriles is 1. The molecule has 1 aliphatic rings. The lowest BCUT2D eigenvalue weighted by Crippen LogP contribution is -2.44. The van der Waals surface area contributed by atoms with E-state index in [1.165, 1.54) is 0 Å². The van der Waals surface area contributed by atoms with Crippen molar-refractivity contribution in [2.24, 2.45) is 0 Å². The summed E-state index contributed by atoms with van der Waals surface area (Å²) in [6.07, 6.45) is 3.65. The van der Waals surface area contributed by atoms with Gasteiger partial charge in [0.05, 0.1) is 0 Å². The van der Waals surface area contributed by atoms with Crippen LogP contribution >= 0.6 is 0 Å². The van der Waals surface area contributed by atoms with Crippen molar-refractivity contribution in [1.29, 1.82) is 5.26 Å². The summed E-state index contributed by atoms with van der Waals surface area (Å²) < 4.78 is 0. The van der Waals surface area contributed by atoms with E-state index in [0.29, 0.717) is 19.5 Å². The standard InChI is InChI=1S/C17H21N5O3/c18-12-14(17(25)20-7-3-5-16(23)24)13-21-8-10-22(11-9-21)15-4-1-2-6-19-15/h1-2,4,6,13H,3,5,7-11H2,(H,20,25)(H,23,24)/b14-13-. The molecule has 0 bridgehead atoms. The van der Waals surface area contributed by atoms with Crippen molar-refractivity contribution < 1.29 is 14.7 Å². The molecule has 1 amide bonds. The summed E-state index contributed by atoms with van der Waals surface area (Å²) in [5, 5.41) is 20.3. The first kappa shape index (κ1) is 18.3. The Morgan fingerprint density at radius 1 is 1.32 bits per heavy atom. The summed E-state index contributed by atoms with van der Waals surface area (Å²) in [4.78, 5) is 30.8. The van der Waals surface area contributed by atoms with E-state index in [9.17, 15) is 14.9 Å². The van der Waals surface area contributed by atoms with Gasteiger partial charge in [0.15, 0.2) is 0 Å². The van der Waals surface area contributed by atoms with E-state index in [-0.39, 0.29) is 18.5 Å². The van der Waals surface area contributed by atoms with Gasteiger partial charge in [-0.2, -0.15) is 5.26 Å². The second-order valence-electron chi connectivity index (χ2n) is 5.62. The monoisotopic (exact) mass is 343 g/mol. The molecule has 0 radical (unpaired) electrons. The van der Waals surface area contributed by atoms with Crippen LogP contribution in [-0.2, 0) is 9.59 Å². The second kappa shape index (κ2) is 9.27. The van der Waals surface area contributed by atoms with E-state index in [2.05, 4.69) is 15.2 Å². The minimum Gasteiger partial charge on any atom is -0.481 e. The van der Waals surface area contributed by atoms with Crippen molar-refractivity contribution in [3.8, 4) is 6.07 Å². The molecule has 1 aromatic rings. The van der Waals surface area contributed by atoms with Crippen LogP contribution in [-0.4, -0.2) is 59.6 Å². The lowest BCUT2D eigenvalue weighted by atomic mass is 10.2. The molecule has 8 nitrogen and oxygen atoms in total. The highest BCUT2D eigenvalue weighted by molar-refractivity contribution is 5.97. The maximum atomic E-state index is 12.0. The third-order valence-corrected chi connectivity index (χ3v) is 3.82. The minimum atomic E-state index is -0.906. The molecule has 0 atom stereocenters. The van der Waals surface area contributed by atoms with Crippen LogP contribution in [0, 0.1) is 11.3 Å². The van der Waals surface area contributed by atoms with Crippen LogP contribution in [0.3, 0.4) is 0 Å². The van der Waals surface area contributed by atoms with Crippen LogP contribution in [0.4, 0.5) is 5.82 Å². The largest absolute Gasteiger partial charge is 0.481 e. The Morgan fingerprint density at radius 3 is 2.68 bits per heavy atom. The van der Waals surface area contributed by atoms with Gasteiger partial charge in [0.2, 0.25) is 0 Å². The molecule has 2 N–H and O–H groups in total. The smallest absolute Gasteiger partial charge is 0.303 e. The molecule has 1 aliphatic heterocycles. The number of anilines is 1. The lowest BCUT2D eigenvalue weighted by molar-refractivity contribution is -0.137. The van der Waals surface area contributed by atoms with Crippen molar-refractivity contribution in [3.63, 3.8) is 0 Å². The molecule has 1 saturated heterocycles. The third kappa shape index (κ3) is 5.80. The average Bonchev–Trinajstić information content (AvgIpc) is 2.64. The van der Waals surface area contributed by atoms with Crippen molar-refractivity contribution in [2.45, 2.75) is 12.8 Å². The Balaban J connectivity index is 1.83. The number of carboxylic acids is 1. The van der Waals surface area contributed by atoms with Gasteiger partial charge in [-0.15, -0.1) is 0 Å². The first-order valence-electron chi connectivity index (χ1n) is 8.12. The second-order valence-corrected chi connectivity index (χ2v) is 5.62. The Kier molecular flexibility index (Phi) is 6.77. The fourth-order valence-electron chi connectivity index (χ4n) is 2.48. The maximum absolute atomic E-state index is 12.0. The zero-order chi connectivity index (χ0) is 18.1. The molecule has 0 spiro atoms. The summed E-state index contributed by atoms with van der Waals surface area (Å²) in [6.45, 7) is 3.12. The van der Waals surface area contributed by atoms with Crippen molar-refractivity contribution >= 4 is 17.7 Å². The number of carboxylic acid groups (broad SMARTS) is 1. The van der Waals surface area contributed by atoms with E-state index >= 15 is 0 Å². The van der Waals surface area contributed by atoms with Gasteiger partial charge in [-0.05, 0) is 18.6 Å². The Labute approximate surface area is 146 Å². The number of rotatable bonds is 7.